The molecule has 0 saturated heterocycles. The standard InChI is InChI=1S/C26H25NO2/c1-3-12-23(26(28)29-2)19-22-17-10-11-18-24(22)27-25(20-13-6-4-7-14-20)21-15-8-5-9-16-21/h1,4-11,13-18,23,25,27H,12,19H2,2H3. The molecule has 0 radical (unpaired) electrons. The van der Waals surface area contributed by atoms with Gasteiger partial charge >= 0.3 is 5.97 Å². The highest BCUT2D eigenvalue weighted by Gasteiger charge is 2.21. The number of carbonyl (C=O) groups excluding carboxylic acids is 1. The third-order valence-corrected chi connectivity index (χ3v) is 4.95. The maximum Gasteiger partial charge on any atom is 0.309 e. The summed E-state index contributed by atoms with van der Waals surface area (Å²) in [4.78, 5) is 12.1. The molecule has 0 aliphatic carbocycles. The van der Waals surface area contributed by atoms with Gasteiger partial charge in [-0.05, 0) is 29.2 Å². The molecule has 0 aliphatic rings. The van der Waals surface area contributed by atoms with Crippen LogP contribution in [0.1, 0.15) is 29.2 Å². The zero-order valence-corrected chi connectivity index (χ0v) is 16.5. The van der Waals surface area contributed by atoms with Crippen molar-refractivity contribution in [3.63, 3.8) is 0 Å². The van der Waals surface area contributed by atoms with Gasteiger partial charge in [-0.15, -0.1) is 12.3 Å². The SMILES string of the molecule is C#CCC(Cc1ccccc1NC(c1ccccc1)c1ccccc1)C(=O)OC. The molecule has 3 aromatic carbocycles. The number of terminal acetylenes is 1. The maximum absolute atomic E-state index is 12.1. The monoisotopic (exact) mass is 383 g/mol. The first-order chi connectivity index (χ1) is 14.2. The summed E-state index contributed by atoms with van der Waals surface area (Å²) in [5, 5.41) is 3.68. The van der Waals surface area contributed by atoms with Crippen molar-refractivity contribution in [2.75, 3.05) is 12.4 Å². The van der Waals surface area contributed by atoms with Gasteiger partial charge in [-0.1, -0.05) is 78.9 Å². The first-order valence-electron chi connectivity index (χ1n) is 9.68. The van der Waals surface area contributed by atoms with E-state index in [0.29, 0.717) is 12.8 Å². The average molecular weight is 383 g/mol. The lowest BCUT2D eigenvalue weighted by atomic mass is 9.94. The molecular weight excluding hydrogens is 358 g/mol. The summed E-state index contributed by atoms with van der Waals surface area (Å²) in [6.07, 6.45) is 6.35. The van der Waals surface area contributed by atoms with Crippen LogP contribution in [-0.4, -0.2) is 13.1 Å². The summed E-state index contributed by atoms with van der Waals surface area (Å²) >= 11 is 0. The number of hydrogen-bond donors (Lipinski definition) is 1. The van der Waals surface area contributed by atoms with Crippen LogP contribution in [-0.2, 0) is 16.0 Å². The Labute approximate surface area is 172 Å². The zero-order valence-electron chi connectivity index (χ0n) is 16.5. The third kappa shape index (κ3) is 5.27. The third-order valence-electron chi connectivity index (χ3n) is 4.95. The van der Waals surface area contributed by atoms with E-state index in [0.717, 1.165) is 11.3 Å². The van der Waals surface area contributed by atoms with Crippen LogP contribution >= 0.6 is 0 Å². The molecule has 3 nitrogen and oxygen atoms in total. The molecule has 1 atom stereocenters. The lowest BCUT2D eigenvalue weighted by molar-refractivity contribution is -0.145. The number of ether oxygens (including phenoxy) is 1. The van der Waals surface area contributed by atoms with Crippen molar-refractivity contribution in [2.24, 2.45) is 5.92 Å². The summed E-state index contributed by atoms with van der Waals surface area (Å²) in [6.45, 7) is 0. The van der Waals surface area contributed by atoms with Gasteiger partial charge in [-0.25, -0.2) is 0 Å². The van der Waals surface area contributed by atoms with Crippen molar-refractivity contribution >= 4 is 11.7 Å². The molecule has 3 heteroatoms. The van der Waals surface area contributed by atoms with Crippen LogP contribution < -0.4 is 5.32 Å². The average Bonchev–Trinajstić information content (AvgIpc) is 2.78. The Kier molecular flexibility index (Phi) is 7.08. The molecule has 0 heterocycles. The van der Waals surface area contributed by atoms with Gasteiger partial charge in [0.1, 0.15) is 0 Å². The zero-order chi connectivity index (χ0) is 20.5. The van der Waals surface area contributed by atoms with E-state index in [1.165, 1.54) is 18.2 Å². The van der Waals surface area contributed by atoms with Crippen molar-refractivity contribution in [3.8, 4) is 12.3 Å². The van der Waals surface area contributed by atoms with Gasteiger partial charge in [-0.3, -0.25) is 4.79 Å². The second-order valence-electron chi connectivity index (χ2n) is 6.89. The predicted molar refractivity (Wildman–Crippen MR) is 117 cm³/mol. The second-order valence-corrected chi connectivity index (χ2v) is 6.89. The summed E-state index contributed by atoms with van der Waals surface area (Å²) in [6, 6.07) is 28.7. The molecule has 29 heavy (non-hydrogen) atoms. The molecule has 3 rings (SSSR count). The van der Waals surface area contributed by atoms with E-state index in [2.05, 4.69) is 35.5 Å². The van der Waals surface area contributed by atoms with E-state index >= 15 is 0 Å². The van der Waals surface area contributed by atoms with Gasteiger partial charge in [0, 0.05) is 12.1 Å². The predicted octanol–water partition coefficient (Wildman–Crippen LogP) is 5.24. The van der Waals surface area contributed by atoms with Gasteiger partial charge in [0.25, 0.3) is 0 Å². The first kappa shape index (κ1) is 20.2. The molecule has 1 unspecified atom stereocenters. The van der Waals surface area contributed by atoms with Gasteiger partial charge in [0.05, 0.1) is 19.1 Å². The first-order valence-corrected chi connectivity index (χ1v) is 9.68. The fourth-order valence-corrected chi connectivity index (χ4v) is 3.46. The number of hydrogen-bond acceptors (Lipinski definition) is 3. The van der Waals surface area contributed by atoms with E-state index in [9.17, 15) is 4.79 Å². The van der Waals surface area contributed by atoms with Gasteiger partial charge < -0.3 is 10.1 Å². The topological polar surface area (TPSA) is 38.3 Å². The van der Waals surface area contributed by atoms with Crippen LogP contribution in [0.3, 0.4) is 0 Å². The largest absolute Gasteiger partial charge is 0.469 e. The minimum absolute atomic E-state index is 0.0113. The van der Waals surface area contributed by atoms with Crippen LogP contribution in [0.2, 0.25) is 0 Å². The Balaban J connectivity index is 1.93. The Bertz CT molecular complexity index is 921. The van der Waals surface area contributed by atoms with E-state index in [-0.39, 0.29) is 17.9 Å². The van der Waals surface area contributed by atoms with Crippen LogP contribution in [0, 0.1) is 18.3 Å². The molecular formula is C26H25NO2. The van der Waals surface area contributed by atoms with Crippen molar-refractivity contribution in [3.05, 3.63) is 102 Å². The lowest BCUT2D eigenvalue weighted by Gasteiger charge is -2.24. The number of methoxy groups -OCH3 is 1. The maximum atomic E-state index is 12.1. The number of benzene rings is 3. The highest BCUT2D eigenvalue weighted by molar-refractivity contribution is 5.73. The minimum Gasteiger partial charge on any atom is -0.469 e. The molecule has 3 aromatic rings. The normalized spacial score (nSPS) is 11.5. The summed E-state index contributed by atoms with van der Waals surface area (Å²) in [7, 11) is 1.40. The highest BCUT2D eigenvalue weighted by atomic mass is 16.5. The molecule has 1 N–H and O–H groups in total. The van der Waals surface area contributed by atoms with Crippen LogP contribution in [0.5, 0.6) is 0 Å². The van der Waals surface area contributed by atoms with Crippen molar-refractivity contribution < 1.29 is 9.53 Å². The number of anilines is 1. The quantitative estimate of drug-likeness (QED) is 0.427. The van der Waals surface area contributed by atoms with E-state index < -0.39 is 0 Å². The molecule has 0 saturated carbocycles. The Morgan fingerprint density at radius 2 is 1.48 bits per heavy atom. The van der Waals surface area contributed by atoms with Crippen LogP contribution in [0.15, 0.2) is 84.9 Å². The van der Waals surface area contributed by atoms with Gasteiger partial charge in [0.2, 0.25) is 0 Å². The highest BCUT2D eigenvalue weighted by Crippen LogP contribution is 2.29. The second kappa shape index (κ2) is 10.1. The molecule has 0 fully saturated rings. The van der Waals surface area contributed by atoms with Crippen molar-refractivity contribution in [1.29, 1.82) is 0 Å². The number of nitrogens with one attached hydrogen (secondary N) is 1. The molecule has 0 aliphatic heterocycles. The molecule has 146 valence electrons. The summed E-state index contributed by atoms with van der Waals surface area (Å²) in [5.41, 5.74) is 4.36. The van der Waals surface area contributed by atoms with E-state index in [1.807, 2.05) is 60.7 Å². The Morgan fingerprint density at radius 1 is 0.931 bits per heavy atom. The van der Waals surface area contributed by atoms with E-state index in [1.54, 1.807) is 0 Å². The smallest absolute Gasteiger partial charge is 0.309 e. The molecule has 0 amide bonds. The fourth-order valence-electron chi connectivity index (χ4n) is 3.46. The molecule has 0 spiro atoms. The molecule has 0 bridgehead atoms. The van der Waals surface area contributed by atoms with Gasteiger partial charge in [0.15, 0.2) is 0 Å². The minimum atomic E-state index is -0.361. The summed E-state index contributed by atoms with van der Waals surface area (Å²) < 4.78 is 4.94. The Hall–Kier alpha value is -3.51. The Morgan fingerprint density at radius 3 is 2.03 bits per heavy atom. The van der Waals surface area contributed by atoms with E-state index in [4.69, 9.17) is 11.2 Å². The number of para-hydroxylation sites is 1. The fraction of sp³-hybridized carbons (Fsp3) is 0.192. The summed E-state index contributed by atoms with van der Waals surface area (Å²) in [5.74, 6) is 1.96. The van der Waals surface area contributed by atoms with Crippen molar-refractivity contribution in [2.45, 2.75) is 18.9 Å². The van der Waals surface area contributed by atoms with Gasteiger partial charge in [-0.2, -0.15) is 0 Å². The van der Waals surface area contributed by atoms with Crippen LogP contribution in [0.4, 0.5) is 5.69 Å². The van der Waals surface area contributed by atoms with Crippen molar-refractivity contribution in [1.82, 2.24) is 0 Å². The van der Waals surface area contributed by atoms with Crippen LogP contribution in [0.25, 0.3) is 0 Å². The lowest BCUT2D eigenvalue weighted by Crippen LogP contribution is -2.20. The molecule has 0 aromatic heterocycles. The number of rotatable bonds is 8. The number of esters is 1. The number of carbonyl (C=O) groups is 1.